The van der Waals surface area contributed by atoms with Crippen molar-refractivity contribution in [2.45, 2.75) is 6.04 Å². The van der Waals surface area contributed by atoms with Gasteiger partial charge in [0, 0.05) is 5.56 Å². The van der Waals surface area contributed by atoms with Gasteiger partial charge < -0.3 is 15.6 Å². The molecule has 0 amide bonds. The molecule has 1 unspecified atom stereocenters. The number of carbonyl (C=O) groups is 1. The quantitative estimate of drug-likeness (QED) is 0.728. The zero-order valence-electron chi connectivity index (χ0n) is 7.53. The van der Waals surface area contributed by atoms with Gasteiger partial charge in [0.2, 0.25) is 0 Å². The van der Waals surface area contributed by atoms with Crippen LogP contribution < -0.4 is 5.73 Å². The molecule has 1 aromatic carbocycles. The Balaban J connectivity index is 3.07. The van der Waals surface area contributed by atoms with Crippen molar-refractivity contribution in [1.82, 2.24) is 0 Å². The minimum absolute atomic E-state index is 0.0744. The molecule has 1 rings (SSSR count). The standard InChI is InChI=1S/C9H10ClNO3/c1-14-9(13)8(11)5-3-2-4-6(12)7(5)10/h2-4,8,12H,11H2,1H3. The third-order valence-electron chi connectivity index (χ3n) is 1.80. The second-order valence-corrected chi connectivity index (χ2v) is 3.06. The third-order valence-corrected chi connectivity index (χ3v) is 2.21. The summed E-state index contributed by atoms with van der Waals surface area (Å²) in [7, 11) is 1.24. The van der Waals surface area contributed by atoms with E-state index >= 15 is 0 Å². The molecule has 0 fully saturated rings. The lowest BCUT2D eigenvalue weighted by Crippen LogP contribution is -2.22. The molecule has 0 heterocycles. The fourth-order valence-corrected chi connectivity index (χ4v) is 1.27. The summed E-state index contributed by atoms with van der Waals surface area (Å²) in [5, 5.41) is 9.34. The van der Waals surface area contributed by atoms with Crippen LogP contribution in [-0.2, 0) is 9.53 Å². The molecule has 14 heavy (non-hydrogen) atoms. The van der Waals surface area contributed by atoms with Crippen molar-refractivity contribution in [2.75, 3.05) is 7.11 Å². The molecule has 0 radical (unpaired) electrons. The van der Waals surface area contributed by atoms with Gasteiger partial charge in [0.15, 0.2) is 0 Å². The fourth-order valence-electron chi connectivity index (χ4n) is 1.03. The number of hydrogen-bond donors (Lipinski definition) is 2. The summed E-state index contributed by atoms with van der Waals surface area (Å²) in [6.45, 7) is 0. The zero-order chi connectivity index (χ0) is 10.7. The van der Waals surface area contributed by atoms with Crippen LogP contribution in [0, 0.1) is 0 Å². The fraction of sp³-hybridized carbons (Fsp3) is 0.222. The lowest BCUT2D eigenvalue weighted by molar-refractivity contribution is -0.142. The second kappa shape index (κ2) is 4.30. The van der Waals surface area contributed by atoms with Crippen LogP contribution >= 0.6 is 11.6 Å². The lowest BCUT2D eigenvalue weighted by atomic mass is 10.1. The van der Waals surface area contributed by atoms with Crippen molar-refractivity contribution in [2.24, 2.45) is 5.73 Å². The molecular formula is C9H10ClNO3. The van der Waals surface area contributed by atoms with Crippen LogP contribution in [0.1, 0.15) is 11.6 Å². The molecule has 0 saturated heterocycles. The van der Waals surface area contributed by atoms with Crippen LogP contribution in [0.25, 0.3) is 0 Å². The Hall–Kier alpha value is -1.26. The van der Waals surface area contributed by atoms with Crippen LogP contribution in [0.4, 0.5) is 0 Å². The first-order chi connectivity index (χ1) is 6.57. The topological polar surface area (TPSA) is 72.5 Å². The monoisotopic (exact) mass is 215 g/mol. The predicted molar refractivity (Wildman–Crippen MR) is 52.1 cm³/mol. The molecule has 1 atom stereocenters. The Morgan fingerprint density at radius 2 is 2.29 bits per heavy atom. The summed E-state index contributed by atoms with van der Waals surface area (Å²) >= 11 is 5.75. The Morgan fingerprint density at radius 3 is 2.86 bits per heavy atom. The maximum absolute atomic E-state index is 11.1. The zero-order valence-corrected chi connectivity index (χ0v) is 8.28. The van der Waals surface area contributed by atoms with Crippen LogP contribution in [0.3, 0.4) is 0 Å². The summed E-state index contributed by atoms with van der Waals surface area (Å²) in [5.41, 5.74) is 5.89. The molecule has 0 aliphatic carbocycles. The number of phenolic OH excluding ortho intramolecular Hbond substituents is 1. The van der Waals surface area contributed by atoms with E-state index in [0.717, 1.165) is 0 Å². The van der Waals surface area contributed by atoms with Crippen molar-refractivity contribution < 1.29 is 14.6 Å². The predicted octanol–water partition coefficient (Wildman–Crippen LogP) is 1.22. The SMILES string of the molecule is COC(=O)C(N)c1cccc(O)c1Cl. The summed E-state index contributed by atoms with van der Waals surface area (Å²) in [4.78, 5) is 11.1. The van der Waals surface area contributed by atoms with Gasteiger partial charge in [0.1, 0.15) is 11.8 Å². The molecule has 0 aliphatic heterocycles. The lowest BCUT2D eigenvalue weighted by Gasteiger charge is -2.11. The van der Waals surface area contributed by atoms with Crippen LogP contribution in [0.15, 0.2) is 18.2 Å². The minimum atomic E-state index is -0.973. The molecule has 5 heteroatoms. The number of nitrogens with two attached hydrogens (primary N) is 1. The molecule has 0 bridgehead atoms. The number of halogens is 1. The van der Waals surface area contributed by atoms with Gasteiger partial charge >= 0.3 is 5.97 Å². The van der Waals surface area contributed by atoms with Gasteiger partial charge in [0.05, 0.1) is 12.1 Å². The van der Waals surface area contributed by atoms with E-state index in [0.29, 0.717) is 5.56 Å². The van der Waals surface area contributed by atoms with Gasteiger partial charge in [-0.05, 0) is 6.07 Å². The summed E-state index contributed by atoms with van der Waals surface area (Å²) in [6.07, 6.45) is 0. The Morgan fingerprint density at radius 1 is 1.64 bits per heavy atom. The summed E-state index contributed by atoms with van der Waals surface area (Å²) < 4.78 is 4.46. The number of phenols is 1. The van der Waals surface area contributed by atoms with Crippen molar-refractivity contribution >= 4 is 17.6 Å². The highest BCUT2D eigenvalue weighted by Crippen LogP contribution is 2.30. The average Bonchev–Trinajstić information content (AvgIpc) is 2.20. The van der Waals surface area contributed by atoms with Gasteiger partial charge in [-0.2, -0.15) is 0 Å². The Labute approximate surface area is 86.2 Å². The smallest absolute Gasteiger partial charge is 0.327 e. The van der Waals surface area contributed by atoms with Crippen molar-refractivity contribution in [3.8, 4) is 5.75 Å². The number of methoxy groups -OCH3 is 1. The number of hydrogen-bond acceptors (Lipinski definition) is 4. The number of rotatable bonds is 2. The Kier molecular flexibility index (Phi) is 3.33. The normalized spacial score (nSPS) is 12.2. The van der Waals surface area contributed by atoms with E-state index in [-0.39, 0.29) is 10.8 Å². The third kappa shape index (κ3) is 1.97. The van der Waals surface area contributed by atoms with Crippen LogP contribution in [-0.4, -0.2) is 18.2 Å². The van der Waals surface area contributed by atoms with E-state index in [1.807, 2.05) is 0 Å². The van der Waals surface area contributed by atoms with Gasteiger partial charge in [-0.25, -0.2) is 0 Å². The largest absolute Gasteiger partial charge is 0.506 e. The molecule has 0 aromatic heterocycles. The van der Waals surface area contributed by atoms with E-state index < -0.39 is 12.0 Å². The first-order valence-electron chi connectivity index (χ1n) is 3.88. The van der Waals surface area contributed by atoms with Gasteiger partial charge in [-0.3, -0.25) is 4.79 Å². The number of benzene rings is 1. The molecule has 1 aromatic rings. The van der Waals surface area contributed by atoms with E-state index in [1.54, 1.807) is 12.1 Å². The van der Waals surface area contributed by atoms with E-state index in [1.165, 1.54) is 13.2 Å². The Bertz CT molecular complexity index is 354. The maximum Gasteiger partial charge on any atom is 0.327 e. The average molecular weight is 216 g/mol. The van der Waals surface area contributed by atoms with Crippen molar-refractivity contribution in [1.29, 1.82) is 0 Å². The van der Waals surface area contributed by atoms with Gasteiger partial charge in [-0.1, -0.05) is 23.7 Å². The highest BCUT2D eigenvalue weighted by atomic mass is 35.5. The highest BCUT2D eigenvalue weighted by molar-refractivity contribution is 6.33. The first kappa shape index (κ1) is 10.8. The molecule has 3 N–H and O–H groups in total. The minimum Gasteiger partial charge on any atom is -0.506 e. The number of aromatic hydroxyl groups is 1. The van der Waals surface area contributed by atoms with E-state index in [9.17, 15) is 9.90 Å². The molecule has 4 nitrogen and oxygen atoms in total. The van der Waals surface area contributed by atoms with Gasteiger partial charge in [0.25, 0.3) is 0 Å². The maximum atomic E-state index is 11.1. The van der Waals surface area contributed by atoms with E-state index in [2.05, 4.69) is 4.74 Å². The van der Waals surface area contributed by atoms with Gasteiger partial charge in [-0.15, -0.1) is 0 Å². The molecule has 0 saturated carbocycles. The molecule has 0 spiro atoms. The van der Waals surface area contributed by atoms with Crippen LogP contribution in [0.5, 0.6) is 5.75 Å². The summed E-state index contributed by atoms with van der Waals surface area (Å²) in [6, 6.07) is 3.55. The summed E-state index contributed by atoms with van der Waals surface area (Å²) in [5.74, 6) is -0.707. The molecular weight excluding hydrogens is 206 g/mol. The second-order valence-electron chi connectivity index (χ2n) is 2.68. The van der Waals surface area contributed by atoms with E-state index in [4.69, 9.17) is 17.3 Å². The number of carbonyl (C=O) groups excluding carboxylic acids is 1. The highest BCUT2D eigenvalue weighted by Gasteiger charge is 2.20. The van der Waals surface area contributed by atoms with Crippen molar-refractivity contribution in [3.05, 3.63) is 28.8 Å². The first-order valence-corrected chi connectivity index (χ1v) is 4.26. The van der Waals surface area contributed by atoms with Crippen molar-refractivity contribution in [3.63, 3.8) is 0 Å². The molecule has 0 aliphatic rings. The number of esters is 1. The number of ether oxygens (including phenoxy) is 1. The molecule has 76 valence electrons. The van der Waals surface area contributed by atoms with Crippen LogP contribution in [0.2, 0.25) is 5.02 Å².